The zero-order valence-electron chi connectivity index (χ0n) is 17.4. The number of allylic oxidation sites excluding steroid dienone is 3. The van der Waals surface area contributed by atoms with Gasteiger partial charge in [-0.3, -0.25) is 5.32 Å². The molecule has 2 amide bonds. The summed E-state index contributed by atoms with van der Waals surface area (Å²) in [6, 6.07) is 5.96. The minimum atomic E-state index is -0.243. The van der Waals surface area contributed by atoms with Gasteiger partial charge >= 0.3 is 6.03 Å². The Balaban J connectivity index is 1.47. The molecule has 2 N–H and O–H groups in total. The third-order valence-electron chi connectivity index (χ3n) is 5.39. The van der Waals surface area contributed by atoms with Crippen LogP contribution in [0.2, 0.25) is 0 Å². The molecule has 2 atom stereocenters. The Bertz CT molecular complexity index is 1110. The van der Waals surface area contributed by atoms with Gasteiger partial charge < -0.3 is 10.2 Å². The van der Waals surface area contributed by atoms with E-state index in [9.17, 15) is 4.79 Å². The Morgan fingerprint density at radius 2 is 2.17 bits per heavy atom. The number of amides is 2. The molecule has 0 spiro atoms. The molecule has 3 aromatic heterocycles. The number of aryl methyl sites for hydroxylation is 1. The molecule has 156 valence electrons. The number of likely N-dealkylation sites (tertiary alicyclic amines) is 1. The molecule has 0 aromatic carbocycles. The molecule has 1 aliphatic rings. The number of pyridine rings is 1. The van der Waals surface area contributed by atoms with E-state index in [-0.39, 0.29) is 12.1 Å². The first-order valence-corrected chi connectivity index (χ1v) is 10.8. The summed E-state index contributed by atoms with van der Waals surface area (Å²) in [4.78, 5) is 21.9. The highest BCUT2D eigenvalue weighted by Gasteiger charge is 2.34. The van der Waals surface area contributed by atoms with Gasteiger partial charge in [0.1, 0.15) is 5.82 Å². The van der Waals surface area contributed by atoms with Gasteiger partial charge in [0.05, 0.1) is 29.6 Å². The van der Waals surface area contributed by atoms with Crippen LogP contribution in [0.3, 0.4) is 0 Å². The normalized spacial score (nSPS) is 19.9. The Kier molecular flexibility index (Phi) is 5.69. The van der Waals surface area contributed by atoms with Crippen LogP contribution >= 0.6 is 11.3 Å². The van der Waals surface area contributed by atoms with Gasteiger partial charge in [-0.1, -0.05) is 12.7 Å². The molecule has 1 saturated heterocycles. The van der Waals surface area contributed by atoms with Crippen molar-refractivity contribution in [3.8, 4) is 0 Å². The van der Waals surface area contributed by atoms with E-state index in [1.54, 1.807) is 34.5 Å². The first kappa shape index (κ1) is 20.3. The summed E-state index contributed by atoms with van der Waals surface area (Å²) < 4.78 is 1.78. The van der Waals surface area contributed by atoms with Gasteiger partial charge in [0.15, 0.2) is 0 Å². The number of nitrogens with zero attached hydrogens (tertiary/aromatic N) is 4. The van der Waals surface area contributed by atoms with Crippen molar-refractivity contribution in [1.29, 1.82) is 0 Å². The molecule has 7 nitrogen and oxygen atoms in total. The van der Waals surface area contributed by atoms with Gasteiger partial charge in [-0.15, -0.1) is 11.3 Å². The van der Waals surface area contributed by atoms with Crippen LogP contribution in [-0.2, 0) is 0 Å². The quantitative estimate of drug-likeness (QED) is 0.608. The summed E-state index contributed by atoms with van der Waals surface area (Å²) in [5.74, 6) is 0.793. The fourth-order valence-electron chi connectivity index (χ4n) is 3.94. The lowest BCUT2D eigenvalue weighted by Crippen LogP contribution is -2.42. The molecule has 1 fully saturated rings. The van der Waals surface area contributed by atoms with E-state index >= 15 is 0 Å². The van der Waals surface area contributed by atoms with E-state index in [4.69, 9.17) is 0 Å². The third kappa shape index (κ3) is 4.01. The molecular weight excluding hydrogens is 396 g/mol. The van der Waals surface area contributed by atoms with Crippen molar-refractivity contribution >= 4 is 39.8 Å². The molecule has 4 heterocycles. The second-order valence-electron chi connectivity index (χ2n) is 7.58. The summed E-state index contributed by atoms with van der Waals surface area (Å²) in [5, 5.41) is 11.3. The van der Waals surface area contributed by atoms with Gasteiger partial charge in [-0.25, -0.2) is 14.5 Å². The molecule has 0 saturated carbocycles. The average Bonchev–Trinajstić information content (AvgIpc) is 3.41. The van der Waals surface area contributed by atoms with E-state index in [0.717, 1.165) is 29.7 Å². The van der Waals surface area contributed by atoms with Crippen molar-refractivity contribution in [3.63, 3.8) is 0 Å². The molecular formula is C22H26N6OS. The summed E-state index contributed by atoms with van der Waals surface area (Å²) >= 11 is 1.80. The van der Waals surface area contributed by atoms with E-state index in [1.807, 2.05) is 19.1 Å². The lowest BCUT2D eigenvalue weighted by atomic mass is 10.0. The van der Waals surface area contributed by atoms with Crippen molar-refractivity contribution in [2.24, 2.45) is 0 Å². The number of rotatable bonds is 5. The number of nitrogens with one attached hydrogen (secondary N) is 2. The number of anilines is 1. The summed E-state index contributed by atoms with van der Waals surface area (Å²) in [7, 11) is 2.09. The number of urea groups is 1. The minimum absolute atomic E-state index is 0.0596. The van der Waals surface area contributed by atoms with E-state index in [1.165, 1.54) is 9.75 Å². The van der Waals surface area contributed by atoms with Crippen LogP contribution in [0.15, 0.2) is 49.3 Å². The van der Waals surface area contributed by atoms with Crippen molar-refractivity contribution in [2.75, 3.05) is 25.5 Å². The first-order chi connectivity index (χ1) is 14.5. The van der Waals surface area contributed by atoms with Crippen LogP contribution < -0.4 is 10.6 Å². The summed E-state index contributed by atoms with van der Waals surface area (Å²) in [5.41, 5.74) is 1.74. The van der Waals surface area contributed by atoms with Crippen molar-refractivity contribution in [1.82, 2.24) is 25.0 Å². The largest absolute Gasteiger partial charge is 0.333 e. The predicted molar refractivity (Wildman–Crippen MR) is 123 cm³/mol. The second-order valence-corrected chi connectivity index (χ2v) is 8.90. The van der Waals surface area contributed by atoms with Gasteiger partial charge in [0.2, 0.25) is 0 Å². The highest BCUT2D eigenvalue weighted by molar-refractivity contribution is 7.12. The van der Waals surface area contributed by atoms with Crippen LogP contribution in [0.1, 0.15) is 22.6 Å². The number of carbonyl (C=O) groups excluding carboxylic acids is 1. The van der Waals surface area contributed by atoms with Crippen LogP contribution in [-0.4, -0.2) is 51.9 Å². The van der Waals surface area contributed by atoms with Crippen molar-refractivity contribution < 1.29 is 4.79 Å². The molecule has 0 radical (unpaired) electrons. The van der Waals surface area contributed by atoms with Gasteiger partial charge in [-0.05, 0) is 45.2 Å². The minimum Gasteiger partial charge on any atom is -0.333 e. The van der Waals surface area contributed by atoms with Crippen LogP contribution in [0.4, 0.5) is 10.6 Å². The molecule has 0 unspecified atom stereocenters. The van der Waals surface area contributed by atoms with E-state index < -0.39 is 0 Å². The number of fused-ring (bicyclic) bond motifs is 1. The number of likely N-dealkylation sites (N-methyl/N-ethyl adjacent to an activating group) is 1. The van der Waals surface area contributed by atoms with Crippen molar-refractivity contribution in [3.05, 3.63) is 59.1 Å². The highest BCUT2D eigenvalue weighted by atomic mass is 32.1. The SMILES string of the molecule is C=C/C(=C\C)n1ncc2cc(NC(=O)N[C@H]3CN(C)C[C@@H]3c3ccc(C)s3)ncc21. The second kappa shape index (κ2) is 8.41. The third-order valence-corrected chi connectivity index (χ3v) is 6.52. The predicted octanol–water partition coefficient (Wildman–Crippen LogP) is 4.07. The van der Waals surface area contributed by atoms with Gasteiger partial charge in [0.25, 0.3) is 0 Å². The van der Waals surface area contributed by atoms with Crippen molar-refractivity contribution in [2.45, 2.75) is 25.8 Å². The molecule has 0 bridgehead atoms. The standard InChI is InChI=1S/C22H26N6OS/c1-5-16(6-2)28-19-11-23-21(9-15(19)10-24-28)26-22(29)25-18-13-27(4)12-17(18)20-8-7-14(3)30-20/h5-11,17-18H,1,12-13H2,2-4H3,(H2,23,25,26,29)/b16-6+/t17-,18-/m0/s1. The van der Waals surface area contributed by atoms with Crippen LogP contribution in [0.25, 0.3) is 16.6 Å². The zero-order chi connectivity index (χ0) is 21.3. The van der Waals surface area contributed by atoms with Crippen LogP contribution in [0.5, 0.6) is 0 Å². The number of aromatic nitrogens is 3. The fraction of sp³-hybridized carbons (Fsp3) is 0.318. The van der Waals surface area contributed by atoms with Gasteiger partial charge in [-0.2, -0.15) is 5.10 Å². The van der Waals surface area contributed by atoms with E-state index in [2.05, 4.69) is 58.3 Å². The smallest absolute Gasteiger partial charge is 0.320 e. The van der Waals surface area contributed by atoms with Crippen LogP contribution in [0, 0.1) is 6.92 Å². The molecule has 8 heteroatoms. The summed E-state index contributed by atoms with van der Waals surface area (Å²) in [6.07, 6.45) is 7.15. The topological polar surface area (TPSA) is 75.1 Å². The zero-order valence-corrected chi connectivity index (χ0v) is 18.2. The maximum absolute atomic E-state index is 12.7. The molecule has 3 aromatic rings. The number of thiophene rings is 1. The maximum atomic E-state index is 12.7. The first-order valence-electron chi connectivity index (χ1n) is 9.93. The Morgan fingerprint density at radius 1 is 1.33 bits per heavy atom. The maximum Gasteiger partial charge on any atom is 0.320 e. The molecule has 0 aliphatic carbocycles. The summed E-state index contributed by atoms with van der Waals surface area (Å²) in [6.45, 7) is 9.62. The highest BCUT2D eigenvalue weighted by Crippen LogP contribution is 2.32. The fourth-order valence-corrected chi connectivity index (χ4v) is 4.97. The lowest BCUT2D eigenvalue weighted by Gasteiger charge is -2.19. The molecule has 30 heavy (non-hydrogen) atoms. The lowest BCUT2D eigenvalue weighted by molar-refractivity contribution is 0.247. The monoisotopic (exact) mass is 422 g/mol. The molecule has 4 rings (SSSR count). The Labute approximate surface area is 180 Å². The Morgan fingerprint density at radius 3 is 2.87 bits per heavy atom. The molecule has 1 aliphatic heterocycles. The van der Waals surface area contributed by atoms with Gasteiger partial charge in [0, 0.05) is 34.1 Å². The van der Waals surface area contributed by atoms with E-state index in [0.29, 0.717) is 11.7 Å². The average molecular weight is 423 g/mol. The Hall–Kier alpha value is -2.97. The number of hydrogen-bond donors (Lipinski definition) is 2. The number of carbonyl (C=O) groups is 1. The number of hydrogen-bond acceptors (Lipinski definition) is 5.